The lowest BCUT2D eigenvalue weighted by molar-refractivity contribution is 0.328. The lowest BCUT2D eigenvalue weighted by Gasteiger charge is -2.13. The zero-order valence-corrected chi connectivity index (χ0v) is 13.3. The van der Waals surface area contributed by atoms with Crippen molar-refractivity contribution in [1.82, 2.24) is 9.97 Å². The van der Waals surface area contributed by atoms with E-state index >= 15 is 0 Å². The number of nitrogens with zero attached hydrogens (tertiary/aromatic N) is 2. The largest absolute Gasteiger partial charge is 0.487 e. The Morgan fingerprint density at radius 1 is 0.920 bits per heavy atom. The fourth-order valence-corrected chi connectivity index (χ4v) is 2.05. The van der Waals surface area contributed by atoms with Crippen LogP contribution >= 0.6 is 0 Å². The molecular weight excluding hydrogens is 330 g/mol. The Kier molecular flexibility index (Phi) is 5.03. The third kappa shape index (κ3) is 4.20. The predicted molar refractivity (Wildman–Crippen MR) is 86.7 cm³/mol. The van der Waals surface area contributed by atoms with Crippen LogP contribution in [0.15, 0.2) is 66.5 Å². The van der Waals surface area contributed by atoms with Gasteiger partial charge in [-0.05, 0) is 55.0 Å². The maximum atomic E-state index is 13.2. The monoisotopic (exact) mass is 344 g/mol. The van der Waals surface area contributed by atoms with E-state index in [1.807, 2.05) is 0 Å². The highest BCUT2D eigenvalue weighted by molar-refractivity contribution is 5.45. The summed E-state index contributed by atoms with van der Waals surface area (Å²) >= 11 is 0. The van der Waals surface area contributed by atoms with Crippen molar-refractivity contribution in [2.24, 2.45) is 0 Å². The summed E-state index contributed by atoms with van der Waals surface area (Å²) in [4.78, 5) is 8.04. The molecule has 0 spiro atoms. The molecule has 0 saturated heterocycles. The molecule has 0 saturated carbocycles. The van der Waals surface area contributed by atoms with Crippen LogP contribution in [-0.2, 0) is 0 Å². The van der Waals surface area contributed by atoms with E-state index in [-0.39, 0.29) is 29.2 Å². The summed E-state index contributed by atoms with van der Waals surface area (Å²) in [5.74, 6) is 0.467. The molecule has 0 unspecified atom stereocenters. The van der Waals surface area contributed by atoms with Crippen LogP contribution in [0.3, 0.4) is 0 Å². The minimum atomic E-state index is -0.376. The number of benzene rings is 1. The molecule has 25 heavy (non-hydrogen) atoms. The van der Waals surface area contributed by atoms with E-state index in [4.69, 9.17) is 14.2 Å². The second kappa shape index (κ2) is 7.57. The van der Waals surface area contributed by atoms with Crippen LogP contribution in [0.4, 0.5) is 8.78 Å². The second-order valence-electron chi connectivity index (χ2n) is 4.94. The number of aromatic nitrogens is 2. The molecule has 0 atom stereocenters. The van der Waals surface area contributed by atoms with Gasteiger partial charge < -0.3 is 14.2 Å². The predicted octanol–water partition coefficient (Wildman–Crippen LogP) is 4.49. The van der Waals surface area contributed by atoms with Gasteiger partial charge in [0.2, 0.25) is 5.75 Å². The molecule has 3 rings (SSSR count). The summed E-state index contributed by atoms with van der Waals surface area (Å²) in [6.45, 7) is 0. The molecule has 1 aliphatic carbocycles. The van der Waals surface area contributed by atoms with Crippen LogP contribution in [0.25, 0.3) is 0 Å². The molecule has 2 aromatic rings. The summed E-state index contributed by atoms with van der Waals surface area (Å²) in [7, 11) is 1.42. The number of hydrogen-bond donors (Lipinski definition) is 0. The van der Waals surface area contributed by atoms with Crippen molar-refractivity contribution in [3.8, 4) is 23.3 Å². The highest BCUT2D eigenvalue weighted by Gasteiger charge is 2.17. The van der Waals surface area contributed by atoms with E-state index in [1.54, 1.807) is 6.08 Å². The summed E-state index contributed by atoms with van der Waals surface area (Å²) in [6.07, 6.45) is 7.54. The Morgan fingerprint density at radius 3 is 2.36 bits per heavy atom. The lowest BCUT2D eigenvalue weighted by atomic mass is 10.3. The molecule has 1 aromatic carbocycles. The first-order valence-corrected chi connectivity index (χ1v) is 7.40. The highest BCUT2D eigenvalue weighted by atomic mass is 19.1. The zero-order valence-electron chi connectivity index (χ0n) is 13.3. The van der Waals surface area contributed by atoms with Crippen molar-refractivity contribution in [3.05, 3.63) is 72.3 Å². The third-order valence-corrected chi connectivity index (χ3v) is 3.22. The molecule has 7 heteroatoms. The van der Waals surface area contributed by atoms with Gasteiger partial charge in [-0.2, -0.15) is 9.97 Å². The topological polar surface area (TPSA) is 53.5 Å². The van der Waals surface area contributed by atoms with Gasteiger partial charge >= 0.3 is 0 Å². The average Bonchev–Trinajstić information content (AvgIpc) is 2.82. The van der Waals surface area contributed by atoms with Crippen molar-refractivity contribution in [1.29, 1.82) is 0 Å². The Bertz CT molecular complexity index is 846. The highest BCUT2D eigenvalue weighted by Crippen LogP contribution is 2.36. The Hall–Kier alpha value is -3.22. The van der Waals surface area contributed by atoms with E-state index < -0.39 is 0 Å². The normalized spacial score (nSPS) is 13.6. The van der Waals surface area contributed by atoms with E-state index in [0.717, 1.165) is 0 Å². The van der Waals surface area contributed by atoms with Gasteiger partial charge in [-0.1, -0.05) is 0 Å². The number of halogens is 2. The molecule has 5 nitrogen and oxygen atoms in total. The third-order valence-electron chi connectivity index (χ3n) is 3.22. The Labute approximate surface area is 142 Å². The van der Waals surface area contributed by atoms with Gasteiger partial charge in [-0.15, -0.1) is 0 Å². The van der Waals surface area contributed by atoms with Crippen molar-refractivity contribution in [2.75, 3.05) is 7.11 Å². The fraction of sp³-hybridized carbons (Fsp3) is 0.111. The van der Waals surface area contributed by atoms with Crippen molar-refractivity contribution in [3.63, 3.8) is 0 Å². The smallest absolute Gasteiger partial charge is 0.269 e. The minimum absolute atomic E-state index is 0.113. The first-order chi connectivity index (χ1) is 12.2. The molecule has 0 aliphatic heterocycles. The maximum Gasteiger partial charge on any atom is 0.269 e. The van der Waals surface area contributed by atoms with E-state index in [2.05, 4.69) is 9.97 Å². The molecule has 0 bridgehead atoms. The first kappa shape index (κ1) is 16.6. The SMILES string of the molecule is COc1c(OC2=CCC=C(F)C=C2)ncnc1Oc1ccc(F)cc1. The van der Waals surface area contributed by atoms with Gasteiger partial charge in [0.15, 0.2) is 0 Å². The Balaban J connectivity index is 1.84. The number of allylic oxidation sites excluding steroid dienone is 5. The van der Waals surface area contributed by atoms with Crippen molar-refractivity contribution >= 4 is 0 Å². The van der Waals surface area contributed by atoms with Crippen LogP contribution in [0.1, 0.15) is 6.42 Å². The van der Waals surface area contributed by atoms with E-state index in [1.165, 1.54) is 55.9 Å². The summed E-state index contributed by atoms with van der Waals surface area (Å²) < 4.78 is 42.7. The molecule has 0 radical (unpaired) electrons. The molecule has 0 amide bonds. The average molecular weight is 344 g/mol. The van der Waals surface area contributed by atoms with Gasteiger partial charge in [0.1, 0.15) is 29.5 Å². The van der Waals surface area contributed by atoms with E-state index in [0.29, 0.717) is 17.9 Å². The van der Waals surface area contributed by atoms with E-state index in [9.17, 15) is 8.78 Å². The zero-order chi connectivity index (χ0) is 17.6. The van der Waals surface area contributed by atoms with Crippen molar-refractivity contribution in [2.45, 2.75) is 6.42 Å². The number of hydrogen-bond acceptors (Lipinski definition) is 5. The molecular formula is C18H14F2N2O3. The van der Waals surface area contributed by atoms with Crippen LogP contribution in [0, 0.1) is 5.82 Å². The lowest BCUT2D eigenvalue weighted by Crippen LogP contribution is -2.01. The van der Waals surface area contributed by atoms with Crippen LogP contribution in [0.2, 0.25) is 0 Å². The van der Waals surface area contributed by atoms with Gasteiger partial charge in [0.05, 0.1) is 7.11 Å². The second-order valence-corrected chi connectivity index (χ2v) is 4.94. The van der Waals surface area contributed by atoms with Crippen LogP contribution < -0.4 is 14.2 Å². The number of rotatable bonds is 5. The summed E-state index contributed by atoms with van der Waals surface area (Å²) in [5.41, 5.74) is 0. The van der Waals surface area contributed by atoms with Crippen LogP contribution in [0.5, 0.6) is 23.3 Å². The number of methoxy groups -OCH3 is 1. The number of ether oxygens (including phenoxy) is 3. The first-order valence-electron chi connectivity index (χ1n) is 7.40. The van der Waals surface area contributed by atoms with Gasteiger partial charge in [0, 0.05) is 0 Å². The quantitative estimate of drug-likeness (QED) is 0.800. The van der Waals surface area contributed by atoms with Crippen molar-refractivity contribution < 1.29 is 23.0 Å². The Morgan fingerprint density at radius 2 is 1.64 bits per heavy atom. The molecule has 1 aromatic heterocycles. The molecule has 0 N–H and O–H groups in total. The summed E-state index contributed by atoms with van der Waals surface area (Å²) in [6, 6.07) is 5.46. The molecule has 1 heterocycles. The maximum absolute atomic E-state index is 13.2. The minimum Gasteiger partial charge on any atom is -0.487 e. The van der Waals surface area contributed by atoms with Crippen LogP contribution in [-0.4, -0.2) is 17.1 Å². The molecule has 128 valence electrons. The molecule has 1 aliphatic rings. The standard InChI is InChI=1S/C18H14F2N2O3/c1-23-16-17(24-14-4-2-3-12(19)5-8-14)21-11-22-18(16)25-15-9-6-13(20)7-10-15/h3-11H,2H2,1H3. The van der Waals surface area contributed by atoms with Gasteiger partial charge in [0.25, 0.3) is 11.8 Å². The fourth-order valence-electron chi connectivity index (χ4n) is 2.05. The summed E-state index contributed by atoms with van der Waals surface area (Å²) in [5, 5.41) is 0. The van der Waals surface area contributed by atoms with Gasteiger partial charge in [-0.25, -0.2) is 8.78 Å². The molecule has 0 fully saturated rings. The van der Waals surface area contributed by atoms with Gasteiger partial charge in [-0.3, -0.25) is 0 Å².